The van der Waals surface area contributed by atoms with Crippen molar-refractivity contribution in [2.75, 3.05) is 0 Å². The third-order valence-corrected chi connectivity index (χ3v) is 3.03. The van der Waals surface area contributed by atoms with Crippen molar-refractivity contribution in [3.05, 3.63) is 0 Å². The predicted molar refractivity (Wildman–Crippen MR) is 73.1 cm³/mol. The van der Waals surface area contributed by atoms with Crippen LogP contribution in [0.1, 0.15) is 85.0 Å². The molecule has 0 N–H and O–H groups in total. The number of ether oxygens (including phenoxy) is 1. The number of unbranched alkanes of at least 4 members (excludes halogenated alkanes) is 6. The molecule has 0 aliphatic heterocycles. The highest BCUT2D eigenvalue weighted by molar-refractivity contribution is 5.69. The Balaban J connectivity index is 3.37. The van der Waals surface area contributed by atoms with Crippen LogP contribution in [0.25, 0.3) is 0 Å². The third kappa shape index (κ3) is 11.7. The predicted octanol–water partition coefficient (Wildman–Crippen LogP) is 4.86. The minimum absolute atomic E-state index is 0.00880. The smallest absolute Gasteiger partial charge is 0.306 e. The zero-order valence-corrected chi connectivity index (χ0v) is 12.0. The van der Waals surface area contributed by atoms with Gasteiger partial charge in [0, 0.05) is 6.42 Å². The first-order valence-electron chi connectivity index (χ1n) is 7.40. The Labute approximate surface area is 107 Å². The summed E-state index contributed by atoms with van der Waals surface area (Å²) < 4.78 is 5.36. The summed E-state index contributed by atoms with van der Waals surface area (Å²) in [7, 11) is 0. The first kappa shape index (κ1) is 16.5. The molecule has 2 heteroatoms. The lowest BCUT2D eigenvalue weighted by molar-refractivity contribution is -0.148. The van der Waals surface area contributed by atoms with Gasteiger partial charge in [0.15, 0.2) is 0 Å². The summed E-state index contributed by atoms with van der Waals surface area (Å²) in [5.74, 6) is -0.00880. The van der Waals surface area contributed by atoms with Gasteiger partial charge in [0.2, 0.25) is 0 Å². The van der Waals surface area contributed by atoms with Crippen molar-refractivity contribution in [3.8, 4) is 0 Å². The SMILES string of the molecule is CCCCCCCC(=O)OC(C)CCCCC. The second-order valence-corrected chi connectivity index (χ2v) is 4.96. The first-order chi connectivity index (χ1) is 8.20. The normalized spacial score (nSPS) is 12.4. The number of carbonyl (C=O) groups excluding carboxylic acids is 1. The molecule has 0 radical (unpaired) electrons. The molecule has 0 aliphatic carbocycles. The highest BCUT2D eigenvalue weighted by Crippen LogP contribution is 2.10. The Morgan fingerprint density at radius 2 is 1.53 bits per heavy atom. The topological polar surface area (TPSA) is 26.3 Å². The van der Waals surface area contributed by atoms with E-state index in [0.717, 1.165) is 19.3 Å². The fourth-order valence-electron chi connectivity index (χ4n) is 1.90. The molecule has 1 atom stereocenters. The molecule has 0 spiro atoms. The van der Waals surface area contributed by atoms with Gasteiger partial charge in [-0.1, -0.05) is 52.4 Å². The van der Waals surface area contributed by atoms with Gasteiger partial charge in [0.1, 0.15) is 0 Å². The van der Waals surface area contributed by atoms with Crippen LogP contribution < -0.4 is 0 Å². The van der Waals surface area contributed by atoms with Crippen molar-refractivity contribution in [2.45, 2.75) is 91.1 Å². The molecule has 0 saturated heterocycles. The van der Waals surface area contributed by atoms with Gasteiger partial charge >= 0.3 is 5.97 Å². The maximum absolute atomic E-state index is 11.5. The number of hydrogen-bond acceptors (Lipinski definition) is 2. The minimum Gasteiger partial charge on any atom is -0.463 e. The Bertz CT molecular complexity index is 178. The zero-order chi connectivity index (χ0) is 12.9. The van der Waals surface area contributed by atoms with Gasteiger partial charge in [0.25, 0.3) is 0 Å². The van der Waals surface area contributed by atoms with E-state index in [1.807, 2.05) is 6.92 Å². The lowest BCUT2D eigenvalue weighted by Gasteiger charge is -2.12. The van der Waals surface area contributed by atoms with Crippen LogP contribution in [0, 0.1) is 0 Å². The van der Waals surface area contributed by atoms with Crippen LogP contribution >= 0.6 is 0 Å². The third-order valence-electron chi connectivity index (χ3n) is 3.03. The van der Waals surface area contributed by atoms with E-state index in [-0.39, 0.29) is 12.1 Å². The summed E-state index contributed by atoms with van der Waals surface area (Å²) in [6, 6.07) is 0. The monoisotopic (exact) mass is 242 g/mol. The van der Waals surface area contributed by atoms with E-state index in [4.69, 9.17) is 4.74 Å². The lowest BCUT2D eigenvalue weighted by Crippen LogP contribution is -2.14. The van der Waals surface area contributed by atoms with Crippen molar-refractivity contribution >= 4 is 5.97 Å². The van der Waals surface area contributed by atoms with E-state index in [1.165, 1.54) is 38.5 Å². The molecule has 0 saturated carbocycles. The van der Waals surface area contributed by atoms with Crippen LogP contribution in [0.2, 0.25) is 0 Å². The largest absolute Gasteiger partial charge is 0.463 e. The molecule has 102 valence electrons. The van der Waals surface area contributed by atoms with Crippen molar-refractivity contribution in [2.24, 2.45) is 0 Å². The average Bonchev–Trinajstić information content (AvgIpc) is 2.29. The quantitative estimate of drug-likeness (QED) is 0.382. The number of carbonyl (C=O) groups is 1. The summed E-state index contributed by atoms with van der Waals surface area (Å²) in [6.07, 6.45) is 11.3. The Hall–Kier alpha value is -0.530. The van der Waals surface area contributed by atoms with Gasteiger partial charge in [-0.25, -0.2) is 0 Å². The molecule has 1 unspecified atom stereocenters. The number of hydrogen-bond donors (Lipinski definition) is 0. The molecule has 0 aliphatic rings. The highest BCUT2D eigenvalue weighted by Gasteiger charge is 2.08. The van der Waals surface area contributed by atoms with E-state index < -0.39 is 0 Å². The van der Waals surface area contributed by atoms with Crippen molar-refractivity contribution in [3.63, 3.8) is 0 Å². The first-order valence-corrected chi connectivity index (χ1v) is 7.40. The van der Waals surface area contributed by atoms with Gasteiger partial charge < -0.3 is 4.74 Å². The molecular weight excluding hydrogens is 212 g/mol. The van der Waals surface area contributed by atoms with Crippen LogP contribution in [0.15, 0.2) is 0 Å². The van der Waals surface area contributed by atoms with E-state index in [2.05, 4.69) is 13.8 Å². The van der Waals surface area contributed by atoms with Gasteiger partial charge in [0.05, 0.1) is 6.10 Å². The van der Waals surface area contributed by atoms with Crippen LogP contribution in [-0.4, -0.2) is 12.1 Å². The fourth-order valence-corrected chi connectivity index (χ4v) is 1.90. The maximum Gasteiger partial charge on any atom is 0.306 e. The van der Waals surface area contributed by atoms with Gasteiger partial charge in [-0.3, -0.25) is 4.79 Å². The summed E-state index contributed by atoms with van der Waals surface area (Å²) in [5, 5.41) is 0. The van der Waals surface area contributed by atoms with E-state index in [1.54, 1.807) is 0 Å². The molecule has 0 bridgehead atoms. The van der Waals surface area contributed by atoms with E-state index >= 15 is 0 Å². The molecule has 0 fully saturated rings. The van der Waals surface area contributed by atoms with Crippen LogP contribution in [0.3, 0.4) is 0 Å². The molecule has 0 aromatic heterocycles. The highest BCUT2D eigenvalue weighted by atomic mass is 16.5. The summed E-state index contributed by atoms with van der Waals surface area (Å²) >= 11 is 0. The number of esters is 1. The summed E-state index contributed by atoms with van der Waals surface area (Å²) in [5.41, 5.74) is 0. The molecular formula is C15H30O2. The molecule has 17 heavy (non-hydrogen) atoms. The Kier molecular flexibility index (Phi) is 11.6. The van der Waals surface area contributed by atoms with Crippen LogP contribution in [0.5, 0.6) is 0 Å². The standard InChI is InChI=1S/C15H30O2/c1-4-6-8-9-11-13-15(16)17-14(3)12-10-7-5-2/h14H,4-13H2,1-3H3. The molecule has 0 aromatic rings. The minimum atomic E-state index is -0.00880. The fraction of sp³-hybridized carbons (Fsp3) is 0.933. The molecule has 2 nitrogen and oxygen atoms in total. The lowest BCUT2D eigenvalue weighted by atomic mass is 10.1. The summed E-state index contributed by atoms with van der Waals surface area (Å²) in [6.45, 7) is 6.39. The molecule has 0 amide bonds. The number of rotatable bonds is 11. The second-order valence-electron chi connectivity index (χ2n) is 4.96. The Morgan fingerprint density at radius 3 is 2.18 bits per heavy atom. The van der Waals surface area contributed by atoms with Gasteiger partial charge in [-0.15, -0.1) is 0 Å². The zero-order valence-electron chi connectivity index (χ0n) is 12.0. The second kappa shape index (κ2) is 11.9. The van der Waals surface area contributed by atoms with Crippen molar-refractivity contribution in [1.29, 1.82) is 0 Å². The van der Waals surface area contributed by atoms with Crippen LogP contribution in [-0.2, 0) is 9.53 Å². The van der Waals surface area contributed by atoms with Gasteiger partial charge in [-0.05, 0) is 26.2 Å². The van der Waals surface area contributed by atoms with Gasteiger partial charge in [-0.2, -0.15) is 0 Å². The Morgan fingerprint density at radius 1 is 0.941 bits per heavy atom. The molecule has 0 aromatic carbocycles. The van der Waals surface area contributed by atoms with Crippen molar-refractivity contribution in [1.82, 2.24) is 0 Å². The van der Waals surface area contributed by atoms with Crippen LogP contribution in [0.4, 0.5) is 0 Å². The van der Waals surface area contributed by atoms with E-state index in [0.29, 0.717) is 6.42 Å². The van der Waals surface area contributed by atoms with Crippen molar-refractivity contribution < 1.29 is 9.53 Å². The molecule has 0 rings (SSSR count). The summed E-state index contributed by atoms with van der Waals surface area (Å²) in [4.78, 5) is 11.5. The molecule has 0 heterocycles. The van der Waals surface area contributed by atoms with E-state index in [9.17, 15) is 4.79 Å². The maximum atomic E-state index is 11.5. The average molecular weight is 242 g/mol.